The highest BCUT2D eigenvalue weighted by atomic mass is 32.1. The van der Waals surface area contributed by atoms with Gasteiger partial charge < -0.3 is 14.2 Å². The summed E-state index contributed by atoms with van der Waals surface area (Å²) in [4.78, 5) is 30.6. The molecule has 0 aliphatic carbocycles. The monoisotopic (exact) mass is 397 g/mol. The maximum absolute atomic E-state index is 12.4. The minimum Gasteiger partial charge on any atom is -0.457 e. The van der Waals surface area contributed by atoms with Gasteiger partial charge in [-0.15, -0.1) is 0 Å². The van der Waals surface area contributed by atoms with Gasteiger partial charge in [-0.1, -0.05) is 24.2 Å². The van der Waals surface area contributed by atoms with Gasteiger partial charge in [0.05, 0.1) is 11.5 Å². The Morgan fingerprint density at radius 2 is 2.14 bits per heavy atom. The van der Waals surface area contributed by atoms with Gasteiger partial charge in [-0.2, -0.15) is 16.3 Å². The summed E-state index contributed by atoms with van der Waals surface area (Å²) in [5.41, 5.74) is 2.84. The number of hydrogen-bond donors (Lipinski definition) is 0. The van der Waals surface area contributed by atoms with Gasteiger partial charge in [0.1, 0.15) is 0 Å². The van der Waals surface area contributed by atoms with Gasteiger partial charge in [-0.3, -0.25) is 9.59 Å². The normalized spacial score (nSPS) is 16.5. The van der Waals surface area contributed by atoms with Crippen LogP contribution in [0.4, 0.5) is 5.69 Å². The second-order valence-corrected chi connectivity index (χ2v) is 7.34. The Bertz CT molecular complexity index is 966. The molecule has 0 radical (unpaired) electrons. The summed E-state index contributed by atoms with van der Waals surface area (Å²) in [7, 11) is 0. The quantitative estimate of drug-likeness (QED) is 0.592. The van der Waals surface area contributed by atoms with Gasteiger partial charge in [-0.05, 0) is 35.6 Å². The first-order valence-electron chi connectivity index (χ1n) is 9.05. The summed E-state index contributed by atoms with van der Waals surface area (Å²) in [6, 6.07) is 9.69. The van der Waals surface area contributed by atoms with E-state index in [9.17, 15) is 9.59 Å². The molecule has 8 heteroatoms. The average Bonchev–Trinajstić information content (AvgIpc) is 3.46. The van der Waals surface area contributed by atoms with Crippen molar-refractivity contribution in [3.05, 3.63) is 52.5 Å². The number of rotatable bonds is 6. The Labute approximate surface area is 165 Å². The lowest BCUT2D eigenvalue weighted by Gasteiger charge is -2.16. The van der Waals surface area contributed by atoms with Crippen molar-refractivity contribution in [3.63, 3.8) is 0 Å². The molecule has 2 aromatic heterocycles. The van der Waals surface area contributed by atoms with Gasteiger partial charge in [0.15, 0.2) is 6.61 Å². The zero-order valence-corrected chi connectivity index (χ0v) is 16.1. The highest BCUT2D eigenvalue weighted by Crippen LogP contribution is 2.26. The Hall–Kier alpha value is -3.00. The van der Waals surface area contributed by atoms with Crippen molar-refractivity contribution in [2.75, 3.05) is 11.4 Å². The Morgan fingerprint density at radius 3 is 2.86 bits per heavy atom. The lowest BCUT2D eigenvalue weighted by atomic mass is 10.1. The summed E-state index contributed by atoms with van der Waals surface area (Å²) in [5.74, 6) is -0.314. The first kappa shape index (κ1) is 18.4. The van der Waals surface area contributed by atoms with Crippen molar-refractivity contribution in [1.82, 2.24) is 10.1 Å². The molecule has 0 saturated carbocycles. The molecule has 7 nitrogen and oxygen atoms in total. The first-order chi connectivity index (χ1) is 13.6. The van der Waals surface area contributed by atoms with Crippen molar-refractivity contribution >= 4 is 28.9 Å². The molecule has 3 heterocycles. The van der Waals surface area contributed by atoms with E-state index >= 15 is 0 Å². The van der Waals surface area contributed by atoms with Gasteiger partial charge in [-0.25, -0.2) is 0 Å². The van der Waals surface area contributed by atoms with Crippen LogP contribution in [0, 0.1) is 5.92 Å². The van der Waals surface area contributed by atoms with Crippen molar-refractivity contribution in [2.45, 2.75) is 26.4 Å². The number of nitrogens with zero attached hydrogens (tertiary/aromatic N) is 3. The van der Waals surface area contributed by atoms with Crippen LogP contribution < -0.4 is 4.90 Å². The van der Waals surface area contributed by atoms with Crippen LogP contribution in [0.3, 0.4) is 0 Å². The minimum atomic E-state index is -0.499. The zero-order chi connectivity index (χ0) is 19.5. The number of ether oxygens (including phenoxy) is 1. The first-order valence-corrected chi connectivity index (χ1v) is 9.99. The molecule has 1 saturated heterocycles. The second-order valence-electron chi connectivity index (χ2n) is 6.56. The fourth-order valence-electron chi connectivity index (χ4n) is 3.10. The third-order valence-corrected chi connectivity index (χ3v) is 5.38. The van der Waals surface area contributed by atoms with Crippen molar-refractivity contribution in [3.8, 4) is 11.5 Å². The number of carbonyl (C=O) groups is 2. The van der Waals surface area contributed by atoms with Crippen molar-refractivity contribution in [1.29, 1.82) is 0 Å². The highest BCUT2D eigenvalue weighted by molar-refractivity contribution is 7.08. The van der Waals surface area contributed by atoms with Crippen LogP contribution in [0.25, 0.3) is 11.5 Å². The number of hydrogen-bond acceptors (Lipinski definition) is 7. The third-order valence-electron chi connectivity index (χ3n) is 4.69. The molecule has 1 aliphatic heterocycles. The molecule has 4 rings (SSSR count). The molecule has 1 unspecified atom stereocenters. The van der Waals surface area contributed by atoms with Crippen LogP contribution in [0.5, 0.6) is 0 Å². The Morgan fingerprint density at radius 1 is 1.32 bits per heavy atom. The fraction of sp³-hybridized carbons (Fsp3) is 0.300. The van der Waals surface area contributed by atoms with Gasteiger partial charge in [0, 0.05) is 24.0 Å². The number of amides is 1. The van der Waals surface area contributed by atoms with Crippen LogP contribution in [0.2, 0.25) is 0 Å². The van der Waals surface area contributed by atoms with Gasteiger partial charge in [0.2, 0.25) is 11.7 Å². The van der Waals surface area contributed by atoms with E-state index in [1.54, 1.807) is 4.90 Å². The van der Waals surface area contributed by atoms with Gasteiger partial charge in [0.25, 0.3) is 5.89 Å². The van der Waals surface area contributed by atoms with E-state index < -0.39 is 11.9 Å². The maximum Gasteiger partial charge on any atom is 0.311 e. The number of benzene rings is 1. The van der Waals surface area contributed by atoms with Crippen molar-refractivity contribution < 1.29 is 18.8 Å². The largest absolute Gasteiger partial charge is 0.457 e. The molecule has 3 aromatic rings. The van der Waals surface area contributed by atoms with E-state index in [-0.39, 0.29) is 18.9 Å². The lowest BCUT2D eigenvalue weighted by Crippen LogP contribution is -2.26. The summed E-state index contributed by atoms with van der Waals surface area (Å²) in [6.07, 6.45) is 1.08. The molecule has 0 bridgehead atoms. The fourth-order valence-corrected chi connectivity index (χ4v) is 3.73. The standard InChI is InChI=1S/C20H19N3O4S/c1-2-13-3-5-16(6-4-13)23-10-15(9-18(23)24)20(25)26-11-17-21-19(27-22-17)14-7-8-28-12-14/h3-8,12,15H,2,9-11H2,1H3. The van der Waals surface area contributed by atoms with Gasteiger partial charge >= 0.3 is 5.97 Å². The SMILES string of the molecule is CCc1ccc(N2CC(C(=O)OCc3noc(-c4ccsc4)n3)CC2=O)cc1. The van der Waals surface area contributed by atoms with E-state index in [1.165, 1.54) is 16.9 Å². The molecular formula is C20H19N3O4S. The molecular weight excluding hydrogens is 378 g/mol. The second kappa shape index (κ2) is 7.93. The van der Waals surface area contributed by atoms with Crippen molar-refractivity contribution in [2.24, 2.45) is 5.92 Å². The van der Waals surface area contributed by atoms with Crippen LogP contribution >= 0.6 is 11.3 Å². The maximum atomic E-state index is 12.4. The molecule has 1 atom stereocenters. The molecule has 1 aliphatic rings. The number of anilines is 1. The number of carbonyl (C=O) groups excluding carboxylic acids is 2. The lowest BCUT2D eigenvalue weighted by molar-refractivity contribution is -0.149. The Kier molecular flexibility index (Phi) is 5.21. The van der Waals surface area contributed by atoms with E-state index in [1.807, 2.05) is 41.1 Å². The third kappa shape index (κ3) is 3.82. The number of aryl methyl sites for hydroxylation is 1. The predicted molar refractivity (Wildman–Crippen MR) is 104 cm³/mol. The molecule has 0 spiro atoms. The van der Waals surface area contributed by atoms with Crippen LogP contribution in [0.15, 0.2) is 45.6 Å². The van der Waals surface area contributed by atoms with Crippen LogP contribution in [-0.4, -0.2) is 28.6 Å². The van der Waals surface area contributed by atoms with E-state index in [2.05, 4.69) is 17.1 Å². The summed E-state index contributed by atoms with van der Waals surface area (Å²) >= 11 is 1.53. The minimum absolute atomic E-state index is 0.0782. The van der Waals surface area contributed by atoms with E-state index in [4.69, 9.17) is 9.26 Å². The number of esters is 1. The molecule has 1 fully saturated rings. The average molecular weight is 397 g/mol. The summed E-state index contributed by atoms with van der Waals surface area (Å²) < 4.78 is 10.5. The smallest absolute Gasteiger partial charge is 0.311 e. The molecule has 0 N–H and O–H groups in total. The molecule has 144 valence electrons. The molecule has 1 aromatic carbocycles. The van der Waals surface area contributed by atoms with Crippen LogP contribution in [-0.2, 0) is 27.4 Å². The van der Waals surface area contributed by atoms with E-state index in [0.717, 1.165) is 17.7 Å². The number of thiophene rings is 1. The summed E-state index contributed by atoms with van der Waals surface area (Å²) in [5, 5.41) is 7.64. The predicted octanol–water partition coefficient (Wildman–Crippen LogP) is 3.46. The summed E-state index contributed by atoms with van der Waals surface area (Å²) in [6.45, 7) is 2.31. The van der Waals surface area contributed by atoms with E-state index in [0.29, 0.717) is 18.3 Å². The van der Waals surface area contributed by atoms with Crippen LogP contribution in [0.1, 0.15) is 24.7 Å². The number of aromatic nitrogens is 2. The zero-order valence-electron chi connectivity index (χ0n) is 15.3. The topological polar surface area (TPSA) is 85.5 Å². The Balaban J connectivity index is 1.34. The molecule has 1 amide bonds. The highest BCUT2D eigenvalue weighted by Gasteiger charge is 2.36. The molecule has 28 heavy (non-hydrogen) atoms.